The number of hydrogen-bond acceptors (Lipinski definition) is 6. The Hall–Kier alpha value is -2.29. The van der Waals surface area contributed by atoms with Gasteiger partial charge in [-0.3, -0.25) is 4.57 Å². The average Bonchev–Trinajstić information content (AvgIpc) is 3.47. The van der Waals surface area contributed by atoms with Crippen molar-refractivity contribution in [3.05, 3.63) is 59.4 Å². The molecule has 1 aliphatic rings. The molecular weight excluding hydrogens is 407 g/mol. The van der Waals surface area contributed by atoms with Gasteiger partial charge in [0.1, 0.15) is 10.8 Å². The Balaban J connectivity index is 1.42. The molecule has 0 saturated carbocycles. The van der Waals surface area contributed by atoms with Crippen molar-refractivity contribution in [1.82, 2.24) is 19.7 Å². The van der Waals surface area contributed by atoms with Gasteiger partial charge in [0.2, 0.25) is 0 Å². The third-order valence-electron chi connectivity index (χ3n) is 4.89. The summed E-state index contributed by atoms with van der Waals surface area (Å²) in [7, 11) is 0. The minimum absolute atomic E-state index is 0.159. The number of thiazole rings is 1. The number of para-hydroxylation sites is 1. The summed E-state index contributed by atoms with van der Waals surface area (Å²) in [6.07, 6.45) is 2.27. The minimum Gasteiger partial charge on any atom is -0.376 e. The van der Waals surface area contributed by atoms with Crippen molar-refractivity contribution in [2.45, 2.75) is 36.4 Å². The lowest BCUT2D eigenvalue weighted by Crippen LogP contribution is -2.16. The van der Waals surface area contributed by atoms with E-state index in [0.29, 0.717) is 6.54 Å². The Morgan fingerprint density at radius 2 is 2.00 bits per heavy atom. The Labute approximate surface area is 176 Å². The summed E-state index contributed by atoms with van der Waals surface area (Å²) in [6, 6.07) is 14.6. The van der Waals surface area contributed by atoms with Crippen molar-refractivity contribution < 1.29 is 9.13 Å². The molecule has 3 heterocycles. The van der Waals surface area contributed by atoms with Crippen molar-refractivity contribution in [1.29, 1.82) is 0 Å². The molecule has 0 amide bonds. The first kappa shape index (κ1) is 18.7. The molecule has 0 unspecified atom stereocenters. The van der Waals surface area contributed by atoms with E-state index in [1.165, 1.54) is 16.8 Å². The third kappa shape index (κ3) is 4.05. The van der Waals surface area contributed by atoms with Crippen LogP contribution in [0.3, 0.4) is 0 Å². The highest BCUT2D eigenvalue weighted by Gasteiger charge is 2.22. The molecule has 29 heavy (non-hydrogen) atoms. The number of ether oxygens (including phenoxy) is 1. The normalized spacial score (nSPS) is 16.7. The summed E-state index contributed by atoms with van der Waals surface area (Å²) in [5.74, 6) is 1.21. The number of hydrogen-bond donors (Lipinski definition) is 0. The lowest BCUT2D eigenvalue weighted by molar-refractivity contribution is 0.0953. The molecule has 0 bridgehead atoms. The van der Waals surface area contributed by atoms with Crippen LogP contribution in [0.25, 0.3) is 21.6 Å². The van der Waals surface area contributed by atoms with Gasteiger partial charge in [-0.2, -0.15) is 0 Å². The first-order chi connectivity index (χ1) is 14.3. The highest BCUT2D eigenvalue weighted by Crippen LogP contribution is 2.31. The maximum Gasteiger partial charge on any atom is 0.191 e. The fourth-order valence-corrected chi connectivity index (χ4v) is 5.38. The number of aromatic nitrogens is 4. The van der Waals surface area contributed by atoms with E-state index in [1.54, 1.807) is 35.2 Å². The van der Waals surface area contributed by atoms with E-state index in [9.17, 15) is 4.39 Å². The smallest absolute Gasteiger partial charge is 0.191 e. The van der Waals surface area contributed by atoms with Gasteiger partial charge in [-0.1, -0.05) is 23.9 Å². The average molecular weight is 427 g/mol. The number of fused-ring (bicyclic) bond motifs is 1. The number of benzene rings is 2. The van der Waals surface area contributed by atoms with Gasteiger partial charge >= 0.3 is 0 Å². The summed E-state index contributed by atoms with van der Waals surface area (Å²) in [4.78, 5) is 4.71. The number of halogens is 1. The summed E-state index contributed by atoms with van der Waals surface area (Å²) < 4.78 is 22.5. The maximum absolute atomic E-state index is 13.4. The predicted octanol–water partition coefficient (Wildman–Crippen LogP) is 5.17. The molecule has 5 rings (SSSR count). The Kier molecular flexibility index (Phi) is 5.30. The molecule has 1 aliphatic heterocycles. The minimum atomic E-state index is -0.260. The lowest BCUT2D eigenvalue weighted by Gasteiger charge is -2.14. The van der Waals surface area contributed by atoms with Gasteiger partial charge in [-0.25, -0.2) is 9.37 Å². The van der Waals surface area contributed by atoms with Crippen LogP contribution in [0.1, 0.15) is 17.8 Å². The molecule has 2 aromatic carbocycles. The van der Waals surface area contributed by atoms with E-state index < -0.39 is 0 Å². The zero-order valence-electron chi connectivity index (χ0n) is 15.6. The van der Waals surface area contributed by atoms with Gasteiger partial charge in [0.25, 0.3) is 0 Å². The van der Waals surface area contributed by atoms with Crippen LogP contribution in [0.15, 0.2) is 53.7 Å². The summed E-state index contributed by atoms with van der Waals surface area (Å²) in [5, 5.41) is 10.7. The number of nitrogens with zero attached hydrogens (tertiary/aromatic N) is 4. The van der Waals surface area contributed by atoms with E-state index >= 15 is 0 Å². The molecule has 0 N–H and O–H groups in total. The van der Waals surface area contributed by atoms with Crippen LogP contribution in [0.5, 0.6) is 0 Å². The second-order valence-corrected chi connectivity index (χ2v) is 8.98. The zero-order valence-corrected chi connectivity index (χ0v) is 17.3. The molecule has 1 atom stereocenters. The molecule has 0 radical (unpaired) electrons. The monoisotopic (exact) mass is 426 g/mol. The van der Waals surface area contributed by atoms with Crippen LogP contribution in [0.4, 0.5) is 4.39 Å². The van der Waals surface area contributed by atoms with Crippen molar-refractivity contribution in [3.8, 4) is 11.4 Å². The maximum atomic E-state index is 13.4. The van der Waals surface area contributed by atoms with Gasteiger partial charge in [0, 0.05) is 12.2 Å². The second-order valence-electron chi connectivity index (χ2n) is 6.92. The van der Waals surface area contributed by atoms with Crippen LogP contribution < -0.4 is 0 Å². The highest BCUT2D eigenvalue weighted by atomic mass is 32.2. The zero-order chi connectivity index (χ0) is 19.6. The van der Waals surface area contributed by atoms with Gasteiger partial charge in [0.15, 0.2) is 11.0 Å². The lowest BCUT2D eigenvalue weighted by atomic mass is 10.2. The van der Waals surface area contributed by atoms with Crippen molar-refractivity contribution in [2.24, 2.45) is 0 Å². The molecule has 0 spiro atoms. The summed E-state index contributed by atoms with van der Waals surface area (Å²) in [5.41, 5.74) is 1.88. The van der Waals surface area contributed by atoms with Crippen molar-refractivity contribution in [3.63, 3.8) is 0 Å². The van der Waals surface area contributed by atoms with E-state index in [2.05, 4.69) is 20.8 Å². The van der Waals surface area contributed by atoms with E-state index in [1.807, 2.05) is 18.2 Å². The number of rotatable bonds is 6. The molecular formula is C21H19FN4OS2. The van der Waals surface area contributed by atoms with Crippen LogP contribution in [0.2, 0.25) is 0 Å². The molecule has 1 saturated heterocycles. The quantitative estimate of drug-likeness (QED) is 0.398. The topological polar surface area (TPSA) is 52.8 Å². The third-order valence-corrected chi connectivity index (χ3v) is 7.09. The molecule has 0 aliphatic carbocycles. The van der Waals surface area contributed by atoms with Crippen LogP contribution in [0, 0.1) is 5.82 Å². The molecule has 8 heteroatoms. The van der Waals surface area contributed by atoms with Crippen LogP contribution >= 0.6 is 23.1 Å². The first-order valence-electron chi connectivity index (χ1n) is 9.54. The number of thioether (sulfide) groups is 1. The van der Waals surface area contributed by atoms with E-state index in [-0.39, 0.29) is 11.9 Å². The Morgan fingerprint density at radius 1 is 1.14 bits per heavy atom. The SMILES string of the molecule is Fc1ccc(-c2nnc(SCc3nc4ccccc4s3)n2C[C@@H]2CCCO2)cc1. The molecule has 148 valence electrons. The van der Waals surface area contributed by atoms with Gasteiger partial charge in [-0.05, 0) is 49.2 Å². The summed E-state index contributed by atoms with van der Waals surface area (Å²) in [6.45, 7) is 1.49. The Morgan fingerprint density at radius 3 is 2.79 bits per heavy atom. The Bertz CT molecular complexity index is 1090. The van der Waals surface area contributed by atoms with E-state index in [4.69, 9.17) is 9.72 Å². The highest BCUT2D eigenvalue weighted by molar-refractivity contribution is 7.98. The van der Waals surface area contributed by atoms with Gasteiger partial charge in [0.05, 0.1) is 28.6 Å². The molecule has 4 aromatic rings. The molecule has 5 nitrogen and oxygen atoms in total. The van der Waals surface area contributed by atoms with Crippen molar-refractivity contribution >= 4 is 33.3 Å². The van der Waals surface area contributed by atoms with Crippen molar-refractivity contribution in [2.75, 3.05) is 6.61 Å². The van der Waals surface area contributed by atoms with Gasteiger partial charge < -0.3 is 4.74 Å². The van der Waals surface area contributed by atoms with Gasteiger partial charge in [-0.15, -0.1) is 21.5 Å². The van der Waals surface area contributed by atoms with Crippen LogP contribution in [-0.2, 0) is 17.0 Å². The standard InChI is InChI=1S/C21H19FN4OS2/c22-15-9-7-14(8-10-15)20-24-25-21(26(20)12-16-4-3-11-27-16)28-13-19-23-17-5-1-2-6-18(17)29-19/h1-2,5-10,16H,3-4,11-13H2/t16-/m0/s1. The largest absolute Gasteiger partial charge is 0.376 e. The fourth-order valence-electron chi connectivity index (χ4n) is 3.47. The second kappa shape index (κ2) is 8.22. The molecule has 2 aromatic heterocycles. The van der Waals surface area contributed by atoms with E-state index in [0.717, 1.165) is 52.3 Å². The molecule has 1 fully saturated rings. The first-order valence-corrected chi connectivity index (χ1v) is 11.3. The summed E-state index contributed by atoms with van der Waals surface area (Å²) >= 11 is 3.33. The van der Waals surface area contributed by atoms with Crippen LogP contribution in [-0.4, -0.2) is 32.5 Å². The fraction of sp³-hybridized carbons (Fsp3) is 0.286. The predicted molar refractivity (Wildman–Crippen MR) is 114 cm³/mol.